The SMILES string of the molecule is C[C@]1(C=O)CCc2ccccc2C1. The quantitative estimate of drug-likeness (QED) is 0.597. The highest BCUT2D eigenvalue weighted by atomic mass is 16.1. The van der Waals surface area contributed by atoms with Gasteiger partial charge in [0.15, 0.2) is 0 Å². The van der Waals surface area contributed by atoms with Gasteiger partial charge in [0.1, 0.15) is 6.29 Å². The summed E-state index contributed by atoms with van der Waals surface area (Å²) in [7, 11) is 0. The summed E-state index contributed by atoms with van der Waals surface area (Å²) in [5.41, 5.74) is 2.65. The zero-order chi connectivity index (χ0) is 9.31. The summed E-state index contributed by atoms with van der Waals surface area (Å²) in [6.45, 7) is 2.05. The zero-order valence-electron chi connectivity index (χ0n) is 7.92. The van der Waals surface area contributed by atoms with E-state index in [9.17, 15) is 4.79 Å². The van der Waals surface area contributed by atoms with E-state index in [0.717, 1.165) is 25.5 Å². The summed E-state index contributed by atoms with van der Waals surface area (Å²) in [4.78, 5) is 10.9. The Morgan fingerprint density at radius 2 is 2.00 bits per heavy atom. The Labute approximate surface area is 78.8 Å². The van der Waals surface area contributed by atoms with Crippen LogP contribution in [-0.4, -0.2) is 6.29 Å². The highest BCUT2D eigenvalue weighted by molar-refractivity contribution is 5.60. The highest BCUT2D eigenvalue weighted by Crippen LogP contribution is 2.33. The number of hydrogen-bond acceptors (Lipinski definition) is 1. The van der Waals surface area contributed by atoms with Crippen molar-refractivity contribution in [2.24, 2.45) is 5.41 Å². The molecule has 0 amide bonds. The molecule has 68 valence electrons. The van der Waals surface area contributed by atoms with Gasteiger partial charge in [-0.05, 0) is 30.4 Å². The van der Waals surface area contributed by atoms with Crippen LogP contribution in [-0.2, 0) is 17.6 Å². The molecule has 1 atom stereocenters. The molecular weight excluding hydrogens is 160 g/mol. The third-order valence-electron chi connectivity index (χ3n) is 2.96. The van der Waals surface area contributed by atoms with E-state index in [-0.39, 0.29) is 5.41 Å². The number of fused-ring (bicyclic) bond motifs is 1. The molecule has 1 aliphatic carbocycles. The Hall–Kier alpha value is -1.11. The molecule has 1 aromatic rings. The Balaban J connectivity index is 2.34. The Bertz CT molecular complexity index is 330. The predicted octanol–water partition coefficient (Wildman–Crippen LogP) is 2.38. The Kier molecular flexibility index (Phi) is 1.95. The normalized spacial score (nSPS) is 26.5. The minimum atomic E-state index is -0.117. The van der Waals surface area contributed by atoms with Crippen molar-refractivity contribution in [3.8, 4) is 0 Å². The molecule has 0 saturated heterocycles. The lowest BCUT2D eigenvalue weighted by Gasteiger charge is -2.29. The van der Waals surface area contributed by atoms with E-state index in [1.165, 1.54) is 11.1 Å². The second-order valence-corrected chi connectivity index (χ2v) is 4.22. The molecule has 1 heteroatoms. The number of aryl methyl sites for hydroxylation is 1. The fourth-order valence-corrected chi connectivity index (χ4v) is 2.02. The second-order valence-electron chi connectivity index (χ2n) is 4.22. The number of hydrogen-bond donors (Lipinski definition) is 0. The van der Waals surface area contributed by atoms with Crippen LogP contribution >= 0.6 is 0 Å². The number of carbonyl (C=O) groups excluding carboxylic acids is 1. The molecule has 0 radical (unpaired) electrons. The van der Waals surface area contributed by atoms with Gasteiger partial charge in [-0.2, -0.15) is 0 Å². The van der Waals surface area contributed by atoms with Gasteiger partial charge in [0, 0.05) is 5.41 Å². The first kappa shape index (κ1) is 8.49. The molecule has 0 spiro atoms. The molecule has 0 unspecified atom stereocenters. The van der Waals surface area contributed by atoms with Gasteiger partial charge in [0.05, 0.1) is 0 Å². The minimum absolute atomic E-state index is 0.117. The molecule has 0 aromatic heterocycles. The molecule has 0 saturated carbocycles. The van der Waals surface area contributed by atoms with E-state index in [4.69, 9.17) is 0 Å². The van der Waals surface area contributed by atoms with Crippen molar-refractivity contribution < 1.29 is 4.79 Å². The van der Waals surface area contributed by atoms with Gasteiger partial charge in [-0.15, -0.1) is 0 Å². The molecule has 0 N–H and O–H groups in total. The average molecular weight is 174 g/mol. The third kappa shape index (κ3) is 1.51. The highest BCUT2D eigenvalue weighted by Gasteiger charge is 2.28. The van der Waals surface area contributed by atoms with E-state index >= 15 is 0 Å². The first-order valence-electron chi connectivity index (χ1n) is 4.77. The lowest BCUT2D eigenvalue weighted by atomic mass is 9.74. The van der Waals surface area contributed by atoms with Crippen LogP contribution in [0.2, 0.25) is 0 Å². The van der Waals surface area contributed by atoms with Gasteiger partial charge in [-0.1, -0.05) is 31.2 Å². The van der Waals surface area contributed by atoms with Gasteiger partial charge in [0.25, 0.3) is 0 Å². The predicted molar refractivity (Wildman–Crippen MR) is 52.6 cm³/mol. The molecular formula is C12H14O. The van der Waals surface area contributed by atoms with Crippen LogP contribution < -0.4 is 0 Å². The first-order valence-corrected chi connectivity index (χ1v) is 4.77. The van der Waals surface area contributed by atoms with Crippen LogP contribution in [0.25, 0.3) is 0 Å². The fourth-order valence-electron chi connectivity index (χ4n) is 2.02. The van der Waals surface area contributed by atoms with Gasteiger partial charge < -0.3 is 4.79 Å². The van der Waals surface area contributed by atoms with Crippen molar-refractivity contribution in [3.05, 3.63) is 35.4 Å². The van der Waals surface area contributed by atoms with Gasteiger partial charge >= 0.3 is 0 Å². The molecule has 1 aromatic carbocycles. The van der Waals surface area contributed by atoms with Crippen molar-refractivity contribution in [1.82, 2.24) is 0 Å². The van der Waals surface area contributed by atoms with Crippen molar-refractivity contribution in [1.29, 1.82) is 0 Å². The minimum Gasteiger partial charge on any atom is -0.303 e. The van der Waals surface area contributed by atoms with Crippen molar-refractivity contribution >= 4 is 6.29 Å². The molecule has 1 nitrogen and oxygen atoms in total. The number of carbonyl (C=O) groups is 1. The van der Waals surface area contributed by atoms with Gasteiger partial charge in [0.2, 0.25) is 0 Å². The van der Waals surface area contributed by atoms with Crippen LogP contribution in [0.15, 0.2) is 24.3 Å². The van der Waals surface area contributed by atoms with Crippen molar-refractivity contribution in [3.63, 3.8) is 0 Å². The maximum atomic E-state index is 10.9. The van der Waals surface area contributed by atoms with Crippen molar-refractivity contribution in [2.75, 3.05) is 0 Å². The molecule has 2 rings (SSSR count). The van der Waals surface area contributed by atoms with Crippen molar-refractivity contribution in [2.45, 2.75) is 26.2 Å². The summed E-state index contributed by atoms with van der Waals surface area (Å²) in [6.07, 6.45) is 4.06. The molecule has 13 heavy (non-hydrogen) atoms. The summed E-state index contributed by atoms with van der Waals surface area (Å²) < 4.78 is 0. The summed E-state index contributed by atoms with van der Waals surface area (Å²) in [6, 6.07) is 8.42. The standard InChI is InChI=1S/C12H14O/c1-12(9-13)7-6-10-4-2-3-5-11(10)8-12/h2-5,9H,6-8H2,1H3/t12-/m0/s1. The van der Waals surface area contributed by atoms with E-state index in [1.54, 1.807) is 0 Å². The Morgan fingerprint density at radius 3 is 2.69 bits per heavy atom. The summed E-state index contributed by atoms with van der Waals surface area (Å²) in [5.74, 6) is 0. The van der Waals surface area contributed by atoms with Gasteiger partial charge in [-0.25, -0.2) is 0 Å². The maximum Gasteiger partial charge on any atom is 0.126 e. The average Bonchev–Trinajstić information content (AvgIpc) is 2.18. The lowest BCUT2D eigenvalue weighted by Crippen LogP contribution is -2.26. The smallest absolute Gasteiger partial charge is 0.126 e. The van der Waals surface area contributed by atoms with E-state index in [0.29, 0.717) is 0 Å². The van der Waals surface area contributed by atoms with Crippen LogP contribution in [0.5, 0.6) is 0 Å². The Morgan fingerprint density at radius 1 is 1.31 bits per heavy atom. The zero-order valence-corrected chi connectivity index (χ0v) is 7.92. The molecule has 0 heterocycles. The number of benzene rings is 1. The third-order valence-corrected chi connectivity index (χ3v) is 2.96. The lowest BCUT2D eigenvalue weighted by molar-refractivity contribution is -0.115. The number of rotatable bonds is 1. The van der Waals surface area contributed by atoms with E-state index in [2.05, 4.69) is 31.2 Å². The summed E-state index contributed by atoms with van der Waals surface area (Å²) in [5, 5.41) is 0. The van der Waals surface area contributed by atoms with Gasteiger partial charge in [-0.3, -0.25) is 0 Å². The fraction of sp³-hybridized carbons (Fsp3) is 0.417. The molecule has 0 fully saturated rings. The molecule has 1 aliphatic rings. The largest absolute Gasteiger partial charge is 0.303 e. The van der Waals surface area contributed by atoms with Crippen LogP contribution in [0, 0.1) is 5.41 Å². The van der Waals surface area contributed by atoms with Crippen LogP contribution in [0.4, 0.5) is 0 Å². The molecule has 0 aliphatic heterocycles. The summed E-state index contributed by atoms with van der Waals surface area (Å²) >= 11 is 0. The van der Waals surface area contributed by atoms with E-state index < -0.39 is 0 Å². The first-order chi connectivity index (χ1) is 6.23. The monoisotopic (exact) mass is 174 g/mol. The molecule has 0 bridgehead atoms. The topological polar surface area (TPSA) is 17.1 Å². The second kappa shape index (κ2) is 2.99. The van der Waals surface area contributed by atoms with Crippen LogP contribution in [0.1, 0.15) is 24.5 Å². The van der Waals surface area contributed by atoms with Crippen LogP contribution in [0.3, 0.4) is 0 Å². The van der Waals surface area contributed by atoms with E-state index in [1.807, 2.05) is 0 Å². The maximum absolute atomic E-state index is 10.9. The number of aldehydes is 1.